The number of ketones is 1. The highest BCUT2D eigenvalue weighted by atomic mass is 32.1. The van der Waals surface area contributed by atoms with E-state index in [-0.39, 0.29) is 21.3 Å². The largest absolute Gasteiger partial charge is 0.507 e. The summed E-state index contributed by atoms with van der Waals surface area (Å²) in [4.78, 5) is 44.4. The molecule has 0 radical (unpaired) electrons. The number of aliphatic hydroxyl groups is 1. The summed E-state index contributed by atoms with van der Waals surface area (Å²) >= 11 is 0.891. The number of anilines is 1. The Bertz CT molecular complexity index is 1410. The van der Waals surface area contributed by atoms with Crippen LogP contribution in [0.4, 0.5) is 9.52 Å². The van der Waals surface area contributed by atoms with Crippen molar-refractivity contribution < 1.29 is 33.4 Å². The zero-order chi connectivity index (χ0) is 26.9. The fraction of sp³-hybridized carbons (Fsp3) is 0.259. The molecule has 0 saturated carbocycles. The molecule has 3 aromatic rings. The monoisotopic (exact) mass is 524 g/mol. The Kier molecular flexibility index (Phi) is 7.40. The second-order valence-corrected chi connectivity index (χ2v) is 9.43. The maximum absolute atomic E-state index is 13.7. The average molecular weight is 525 g/mol. The standard InChI is InChI=1S/C27H25FN2O6S/c1-5-12-36-19-11-8-17(13-14(19)2)22(31)20-21(16-6-9-18(28)10-7-16)30(25(33)23(20)32)27-29-15(3)24(37-27)26(34)35-4/h6-11,13,21,31H,5,12H2,1-4H3/b22-20-. The average Bonchev–Trinajstić information content (AvgIpc) is 3.39. The third-order valence-electron chi connectivity index (χ3n) is 5.90. The summed E-state index contributed by atoms with van der Waals surface area (Å²) < 4.78 is 24.2. The van der Waals surface area contributed by atoms with Crippen LogP contribution < -0.4 is 9.64 Å². The molecule has 1 amide bonds. The number of carbonyl (C=O) groups is 3. The van der Waals surface area contributed by atoms with Gasteiger partial charge in [-0.2, -0.15) is 0 Å². The third kappa shape index (κ3) is 4.84. The van der Waals surface area contributed by atoms with E-state index < -0.39 is 29.5 Å². The molecule has 0 spiro atoms. The SMILES string of the molecule is CCCOc1ccc(/C(O)=C2/C(=O)C(=O)N(c3nc(C)c(C(=O)OC)s3)C2c2ccc(F)cc2)cc1C. The first-order valence-electron chi connectivity index (χ1n) is 11.5. The normalized spacial score (nSPS) is 16.8. The van der Waals surface area contributed by atoms with E-state index in [1.165, 1.54) is 31.4 Å². The highest BCUT2D eigenvalue weighted by Gasteiger charge is 2.48. The van der Waals surface area contributed by atoms with Crippen LogP contribution in [0, 0.1) is 19.7 Å². The van der Waals surface area contributed by atoms with E-state index in [1.807, 2.05) is 13.8 Å². The highest BCUT2D eigenvalue weighted by Crippen LogP contribution is 2.44. The smallest absolute Gasteiger partial charge is 0.350 e. The molecule has 10 heteroatoms. The number of esters is 1. The van der Waals surface area contributed by atoms with Gasteiger partial charge in [0.25, 0.3) is 5.78 Å². The third-order valence-corrected chi connectivity index (χ3v) is 7.04. The second kappa shape index (κ2) is 10.5. The number of Topliss-reactive ketones (excluding diaryl/α,β-unsaturated/α-hetero) is 1. The van der Waals surface area contributed by atoms with Crippen LogP contribution in [0.15, 0.2) is 48.0 Å². The van der Waals surface area contributed by atoms with E-state index in [4.69, 9.17) is 9.47 Å². The van der Waals surface area contributed by atoms with Crippen molar-refractivity contribution in [1.29, 1.82) is 0 Å². The van der Waals surface area contributed by atoms with Gasteiger partial charge in [0.1, 0.15) is 22.2 Å². The Hall–Kier alpha value is -4.05. The maximum atomic E-state index is 13.7. The van der Waals surface area contributed by atoms with E-state index in [0.717, 1.165) is 28.2 Å². The molecule has 8 nitrogen and oxygen atoms in total. The molecule has 2 aromatic carbocycles. The van der Waals surface area contributed by atoms with Crippen molar-refractivity contribution in [2.75, 3.05) is 18.6 Å². The predicted molar refractivity (Wildman–Crippen MR) is 136 cm³/mol. The lowest BCUT2D eigenvalue weighted by atomic mass is 9.95. The molecule has 1 aromatic heterocycles. The van der Waals surface area contributed by atoms with E-state index in [9.17, 15) is 23.9 Å². The molecule has 192 valence electrons. The molecule has 0 aliphatic carbocycles. The lowest BCUT2D eigenvalue weighted by Crippen LogP contribution is -2.29. The molecule has 0 bridgehead atoms. The molecule has 1 fully saturated rings. The van der Waals surface area contributed by atoms with Crippen molar-refractivity contribution in [3.8, 4) is 5.75 Å². The van der Waals surface area contributed by atoms with E-state index >= 15 is 0 Å². The summed E-state index contributed by atoms with van der Waals surface area (Å²) in [5, 5.41) is 11.4. The van der Waals surface area contributed by atoms with Gasteiger partial charge in [0.15, 0.2) is 5.13 Å². The molecule has 1 saturated heterocycles. The van der Waals surface area contributed by atoms with E-state index in [0.29, 0.717) is 29.2 Å². The lowest BCUT2D eigenvalue weighted by Gasteiger charge is -2.23. The fourth-order valence-electron chi connectivity index (χ4n) is 4.08. The number of aryl methyl sites for hydroxylation is 2. The number of carbonyl (C=O) groups excluding carboxylic acids is 3. The van der Waals surface area contributed by atoms with Crippen molar-refractivity contribution in [1.82, 2.24) is 4.98 Å². The maximum Gasteiger partial charge on any atom is 0.350 e. The minimum Gasteiger partial charge on any atom is -0.507 e. The minimum absolute atomic E-state index is 0.0767. The van der Waals surface area contributed by atoms with Crippen LogP contribution >= 0.6 is 11.3 Å². The number of methoxy groups -OCH3 is 1. The zero-order valence-electron chi connectivity index (χ0n) is 20.7. The quantitative estimate of drug-likeness (QED) is 0.198. The van der Waals surface area contributed by atoms with Gasteiger partial charge in [-0.15, -0.1) is 0 Å². The van der Waals surface area contributed by atoms with Crippen LogP contribution in [-0.2, 0) is 14.3 Å². The Morgan fingerprint density at radius 1 is 1.16 bits per heavy atom. The molecule has 1 atom stereocenters. The van der Waals surface area contributed by atoms with Crippen LogP contribution in [0.3, 0.4) is 0 Å². The number of rotatable bonds is 7. The molecular weight excluding hydrogens is 499 g/mol. The number of benzene rings is 2. The first kappa shape index (κ1) is 26.0. The van der Waals surface area contributed by atoms with Gasteiger partial charge in [-0.05, 0) is 61.7 Å². The topological polar surface area (TPSA) is 106 Å². The number of amides is 1. The number of ether oxygens (including phenoxy) is 2. The summed E-state index contributed by atoms with van der Waals surface area (Å²) in [6, 6.07) is 9.12. The van der Waals surface area contributed by atoms with Crippen LogP contribution in [0.1, 0.15) is 51.4 Å². The number of thiazole rings is 1. The van der Waals surface area contributed by atoms with Gasteiger partial charge in [-0.25, -0.2) is 14.2 Å². The second-order valence-electron chi connectivity index (χ2n) is 8.45. The number of aromatic nitrogens is 1. The number of hydrogen-bond acceptors (Lipinski definition) is 8. The summed E-state index contributed by atoms with van der Waals surface area (Å²) in [7, 11) is 1.23. The van der Waals surface area contributed by atoms with Crippen LogP contribution in [0.25, 0.3) is 5.76 Å². The number of nitrogens with zero attached hydrogens (tertiary/aromatic N) is 2. The van der Waals surface area contributed by atoms with Gasteiger partial charge in [-0.1, -0.05) is 30.4 Å². The summed E-state index contributed by atoms with van der Waals surface area (Å²) in [6.45, 7) is 5.91. The molecule has 37 heavy (non-hydrogen) atoms. The fourth-order valence-corrected chi connectivity index (χ4v) is 5.10. The van der Waals surface area contributed by atoms with Crippen LogP contribution in [-0.4, -0.2) is 41.5 Å². The Balaban J connectivity index is 1.88. The summed E-state index contributed by atoms with van der Waals surface area (Å²) in [5.41, 5.74) is 1.59. The molecule has 1 aliphatic heterocycles. The van der Waals surface area contributed by atoms with E-state index in [1.54, 1.807) is 25.1 Å². The Labute approximate surface area is 217 Å². The van der Waals surface area contributed by atoms with Crippen molar-refractivity contribution in [2.24, 2.45) is 0 Å². The molecule has 2 heterocycles. The molecule has 1 N–H and O–H groups in total. The van der Waals surface area contributed by atoms with Gasteiger partial charge in [0.2, 0.25) is 0 Å². The summed E-state index contributed by atoms with van der Waals surface area (Å²) in [6.07, 6.45) is 0.830. The minimum atomic E-state index is -1.10. The lowest BCUT2D eigenvalue weighted by molar-refractivity contribution is -0.132. The molecule has 1 aliphatic rings. The first-order valence-corrected chi connectivity index (χ1v) is 12.4. The number of hydrogen-bond donors (Lipinski definition) is 1. The number of halogens is 1. The highest BCUT2D eigenvalue weighted by molar-refractivity contribution is 7.17. The van der Waals surface area contributed by atoms with Gasteiger partial charge in [0, 0.05) is 5.56 Å². The van der Waals surface area contributed by atoms with Gasteiger partial charge in [-0.3, -0.25) is 14.5 Å². The summed E-state index contributed by atoms with van der Waals surface area (Å²) in [5.74, 6) is -2.73. The van der Waals surface area contributed by atoms with Crippen molar-refractivity contribution >= 4 is 39.9 Å². The predicted octanol–water partition coefficient (Wildman–Crippen LogP) is 5.10. The van der Waals surface area contributed by atoms with Crippen molar-refractivity contribution in [2.45, 2.75) is 33.2 Å². The van der Waals surface area contributed by atoms with Gasteiger partial charge < -0.3 is 14.6 Å². The van der Waals surface area contributed by atoms with Crippen molar-refractivity contribution in [3.05, 3.63) is 81.1 Å². The number of aliphatic hydroxyl groups excluding tert-OH is 1. The molecular formula is C27H25FN2O6S. The molecule has 1 unspecified atom stereocenters. The molecule has 4 rings (SSSR count). The van der Waals surface area contributed by atoms with Crippen molar-refractivity contribution in [3.63, 3.8) is 0 Å². The van der Waals surface area contributed by atoms with Crippen LogP contribution in [0.5, 0.6) is 5.75 Å². The Morgan fingerprint density at radius 3 is 2.49 bits per heavy atom. The van der Waals surface area contributed by atoms with Gasteiger partial charge in [0.05, 0.1) is 31.0 Å². The van der Waals surface area contributed by atoms with Crippen LogP contribution in [0.2, 0.25) is 0 Å². The Morgan fingerprint density at radius 2 is 1.86 bits per heavy atom. The van der Waals surface area contributed by atoms with E-state index in [2.05, 4.69) is 4.98 Å². The first-order chi connectivity index (χ1) is 17.7. The van der Waals surface area contributed by atoms with Gasteiger partial charge >= 0.3 is 11.9 Å². The zero-order valence-corrected chi connectivity index (χ0v) is 21.5.